The Balaban J connectivity index is 2.85. The van der Waals surface area contributed by atoms with Crippen LogP contribution in [0.2, 0.25) is 0 Å². The number of nitrogens with one attached hydrogen (secondary N) is 5. The zero-order valence-corrected chi connectivity index (χ0v) is 25.0. The lowest BCUT2D eigenvalue weighted by Gasteiger charge is -2.26. The van der Waals surface area contributed by atoms with E-state index >= 15 is 0 Å². The number of aliphatic imine (C=N–C) groups is 1. The Morgan fingerprint density at radius 3 is 2.09 bits per heavy atom. The number of carbonyl (C=O) groups is 7. The van der Waals surface area contributed by atoms with E-state index in [0.29, 0.717) is 19.4 Å². The molecular weight excluding hydrogens is 584 g/mol. The highest BCUT2D eigenvalue weighted by Crippen LogP contribution is 2.18. The first kappa shape index (κ1) is 37.5. The standard InChI is InChI=1S/C25H44N10O9/c1-12(26)23(42)35-9-5-7-17(35)22(41)30-10-18(37)33-15(6-4-8-29-25(27)28)20(39)34-16(11-36)21(40)31-13(2)19(38)32-14(3)24(43)44/h12-17,36H,4-11,26H2,1-3H3,(H,30,41)(H,31,40)(H,32,38)(H,33,37)(H,34,39)(H,43,44)(H4,27,28,29). The summed E-state index contributed by atoms with van der Waals surface area (Å²) >= 11 is 0. The van der Waals surface area contributed by atoms with E-state index in [4.69, 9.17) is 22.3 Å². The Morgan fingerprint density at radius 1 is 0.909 bits per heavy atom. The molecule has 6 amide bonds. The van der Waals surface area contributed by atoms with Crippen LogP contribution in [0.15, 0.2) is 4.99 Å². The van der Waals surface area contributed by atoms with Crippen LogP contribution in [0.5, 0.6) is 0 Å². The maximum atomic E-state index is 13.1. The molecule has 1 saturated heterocycles. The molecule has 248 valence electrons. The van der Waals surface area contributed by atoms with E-state index < -0.39 is 90.8 Å². The zero-order chi connectivity index (χ0) is 33.6. The summed E-state index contributed by atoms with van der Waals surface area (Å²) in [7, 11) is 0. The first-order chi connectivity index (χ1) is 20.6. The largest absolute Gasteiger partial charge is 0.480 e. The molecule has 0 saturated carbocycles. The molecule has 1 rings (SSSR count). The summed E-state index contributed by atoms with van der Waals surface area (Å²) in [5.41, 5.74) is 16.3. The molecule has 1 heterocycles. The Morgan fingerprint density at radius 2 is 1.52 bits per heavy atom. The number of guanidine groups is 1. The molecule has 0 aromatic rings. The first-order valence-electron chi connectivity index (χ1n) is 14.0. The maximum Gasteiger partial charge on any atom is 0.325 e. The number of aliphatic hydroxyl groups excluding tert-OH is 1. The van der Waals surface area contributed by atoms with Gasteiger partial charge in [-0.25, -0.2) is 0 Å². The van der Waals surface area contributed by atoms with Crippen molar-refractivity contribution in [1.82, 2.24) is 31.5 Å². The van der Waals surface area contributed by atoms with Crippen molar-refractivity contribution >= 4 is 47.4 Å². The summed E-state index contributed by atoms with van der Waals surface area (Å²) in [5.74, 6) is -5.82. The number of carboxylic acid groups (broad SMARTS) is 1. The van der Waals surface area contributed by atoms with Gasteiger partial charge in [0, 0.05) is 13.1 Å². The lowest BCUT2D eigenvalue weighted by molar-refractivity contribution is -0.141. The third-order valence-electron chi connectivity index (χ3n) is 6.55. The second-order valence-corrected chi connectivity index (χ2v) is 10.3. The van der Waals surface area contributed by atoms with Crippen LogP contribution < -0.4 is 43.8 Å². The van der Waals surface area contributed by atoms with Crippen molar-refractivity contribution in [2.45, 2.75) is 82.7 Å². The average molecular weight is 629 g/mol. The smallest absolute Gasteiger partial charge is 0.325 e. The van der Waals surface area contributed by atoms with E-state index in [9.17, 15) is 38.7 Å². The number of carbonyl (C=O) groups excluding carboxylic acids is 6. The third kappa shape index (κ3) is 12.4. The van der Waals surface area contributed by atoms with Gasteiger partial charge in [-0.2, -0.15) is 0 Å². The summed E-state index contributed by atoms with van der Waals surface area (Å²) < 4.78 is 0. The van der Waals surface area contributed by atoms with Gasteiger partial charge in [0.05, 0.1) is 19.2 Å². The molecule has 44 heavy (non-hydrogen) atoms. The molecule has 1 aliphatic rings. The number of hydrogen-bond acceptors (Lipinski definition) is 10. The second kappa shape index (κ2) is 18.2. The number of nitrogens with two attached hydrogens (primary N) is 3. The fourth-order valence-electron chi connectivity index (χ4n) is 4.11. The molecule has 13 N–H and O–H groups in total. The molecule has 0 aromatic heterocycles. The molecular formula is C25H44N10O9. The number of aliphatic carboxylic acids is 1. The molecule has 0 spiro atoms. The fourth-order valence-corrected chi connectivity index (χ4v) is 4.11. The normalized spacial score (nSPS) is 17.6. The number of nitrogens with zero attached hydrogens (tertiary/aromatic N) is 2. The van der Waals surface area contributed by atoms with Crippen molar-refractivity contribution in [3.05, 3.63) is 0 Å². The molecule has 1 aliphatic heterocycles. The highest BCUT2D eigenvalue weighted by atomic mass is 16.4. The van der Waals surface area contributed by atoms with Gasteiger partial charge in [0.15, 0.2) is 5.96 Å². The summed E-state index contributed by atoms with van der Waals surface area (Å²) in [6, 6.07) is -6.82. The number of likely N-dealkylation sites (tertiary alicyclic amines) is 1. The van der Waals surface area contributed by atoms with E-state index in [-0.39, 0.29) is 25.3 Å². The number of hydrogen-bond donors (Lipinski definition) is 10. The van der Waals surface area contributed by atoms with E-state index in [2.05, 4.69) is 31.6 Å². The van der Waals surface area contributed by atoms with Gasteiger partial charge in [0.25, 0.3) is 0 Å². The topological polar surface area (TPSA) is 314 Å². The van der Waals surface area contributed by atoms with Gasteiger partial charge in [0.1, 0.15) is 30.2 Å². The minimum atomic E-state index is -1.54. The Labute approximate surface area is 254 Å². The highest BCUT2D eigenvalue weighted by Gasteiger charge is 2.35. The van der Waals surface area contributed by atoms with Gasteiger partial charge in [-0.05, 0) is 46.5 Å². The Bertz CT molecular complexity index is 1100. The fraction of sp³-hybridized carbons (Fsp3) is 0.680. The van der Waals surface area contributed by atoms with Gasteiger partial charge in [-0.15, -0.1) is 0 Å². The summed E-state index contributed by atoms with van der Waals surface area (Å²) in [4.78, 5) is 91.7. The molecule has 1 fully saturated rings. The van der Waals surface area contributed by atoms with Crippen LogP contribution in [-0.4, -0.2) is 125 Å². The van der Waals surface area contributed by atoms with Crippen molar-refractivity contribution in [3.63, 3.8) is 0 Å². The minimum Gasteiger partial charge on any atom is -0.480 e. The van der Waals surface area contributed by atoms with Crippen LogP contribution in [0.3, 0.4) is 0 Å². The number of aliphatic hydroxyl groups is 1. The lowest BCUT2D eigenvalue weighted by atomic mass is 10.1. The van der Waals surface area contributed by atoms with Crippen LogP contribution in [0.1, 0.15) is 46.5 Å². The first-order valence-corrected chi connectivity index (χ1v) is 14.0. The summed E-state index contributed by atoms with van der Waals surface area (Å²) in [6.07, 6.45) is 1.19. The van der Waals surface area contributed by atoms with Crippen LogP contribution in [0, 0.1) is 0 Å². The minimum absolute atomic E-state index is 0.00670. The molecule has 6 atom stereocenters. The SMILES string of the molecule is CC(N)C(=O)N1CCCC1C(=O)NCC(=O)NC(CCCN=C(N)N)C(=O)NC(CO)C(=O)NC(C)C(=O)NC(C)C(=O)O. The Hall–Kier alpha value is -4.52. The molecule has 19 heteroatoms. The van der Waals surface area contributed by atoms with Gasteiger partial charge >= 0.3 is 5.97 Å². The van der Waals surface area contributed by atoms with Crippen molar-refractivity contribution in [1.29, 1.82) is 0 Å². The van der Waals surface area contributed by atoms with Crippen LogP contribution in [-0.2, 0) is 33.6 Å². The van der Waals surface area contributed by atoms with E-state index in [0.717, 1.165) is 0 Å². The maximum absolute atomic E-state index is 13.1. The molecule has 0 aliphatic carbocycles. The van der Waals surface area contributed by atoms with E-state index in [1.165, 1.54) is 25.7 Å². The molecule has 6 unspecified atom stereocenters. The number of rotatable bonds is 17. The van der Waals surface area contributed by atoms with Gasteiger partial charge in [-0.1, -0.05) is 0 Å². The quantitative estimate of drug-likeness (QED) is 0.0410. The molecule has 0 bridgehead atoms. The van der Waals surface area contributed by atoms with Crippen LogP contribution in [0.4, 0.5) is 0 Å². The van der Waals surface area contributed by atoms with E-state index in [1.54, 1.807) is 0 Å². The van der Waals surface area contributed by atoms with Crippen molar-refractivity contribution in [3.8, 4) is 0 Å². The number of carboxylic acids is 1. The zero-order valence-electron chi connectivity index (χ0n) is 25.0. The summed E-state index contributed by atoms with van der Waals surface area (Å²) in [5, 5.41) is 30.3. The van der Waals surface area contributed by atoms with Gasteiger partial charge < -0.3 is 58.9 Å². The average Bonchev–Trinajstić information content (AvgIpc) is 3.45. The van der Waals surface area contributed by atoms with Crippen LogP contribution >= 0.6 is 0 Å². The molecule has 19 nitrogen and oxygen atoms in total. The lowest BCUT2D eigenvalue weighted by Crippen LogP contribution is -2.58. The summed E-state index contributed by atoms with van der Waals surface area (Å²) in [6.45, 7) is 3.06. The third-order valence-corrected chi connectivity index (χ3v) is 6.55. The van der Waals surface area contributed by atoms with Crippen molar-refractivity contribution < 1.29 is 43.8 Å². The van der Waals surface area contributed by atoms with E-state index in [1.807, 2.05) is 0 Å². The Kier molecular flexibility index (Phi) is 15.5. The van der Waals surface area contributed by atoms with Crippen molar-refractivity contribution in [2.24, 2.45) is 22.2 Å². The molecule has 0 aromatic carbocycles. The highest BCUT2D eigenvalue weighted by molar-refractivity contribution is 5.96. The number of amides is 6. The predicted molar refractivity (Wildman–Crippen MR) is 155 cm³/mol. The van der Waals surface area contributed by atoms with Crippen molar-refractivity contribution in [2.75, 3.05) is 26.2 Å². The van der Waals surface area contributed by atoms with Gasteiger partial charge in [0.2, 0.25) is 35.4 Å². The second-order valence-electron chi connectivity index (χ2n) is 10.3. The van der Waals surface area contributed by atoms with Gasteiger partial charge in [-0.3, -0.25) is 38.6 Å². The molecule has 0 radical (unpaired) electrons. The predicted octanol–water partition coefficient (Wildman–Crippen LogP) is -5.45. The van der Waals surface area contributed by atoms with Crippen LogP contribution in [0.25, 0.3) is 0 Å². The monoisotopic (exact) mass is 628 g/mol.